The van der Waals surface area contributed by atoms with Crippen molar-refractivity contribution in [2.24, 2.45) is 0 Å². The molecule has 1 aromatic carbocycles. The van der Waals surface area contributed by atoms with Gasteiger partial charge in [0, 0.05) is 50.6 Å². The fourth-order valence-corrected chi connectivity index (χ4v) is 4.29. The fraction of sp³-hybridized carbons (Fsp3) is 0.360. The van der Waals surface area contributed by atoms with Gasteiger partial charge in [0.2, 0.25) is 11.7 Å². The van der Waals surface area contributed by atoms with Crippen LogP contribution < -0.4 is 5.32 Å². The monoisotopic (exact) mass is 460 g/mol. The van der Waals surface area contributed by atoms with Crippen LogP contribution in [0.1, 0.15) is 40.9 Å². The van der Waals surface area contributed by atoms with Crippen molar-refractivity contribution in [1.82, 2.24) is 29.7 Å². The molecule has 1 aliphatic rings. The smallest absolute Gasteiger partial charge is 0.271 e. The van der Waals surface area contributed by atoms with Gasteiger partial charge in [0.25, 0.3) is 5.91 Å². The van der Waals surface area contributed by atoms with Gasteiger partial charge in [0.05, 0.1) is 6.10 Å². The van der Waals surface area contributed by atoms with E-state index >= 15 is 0 Å². The SMILES string of the molecule is CCCc1nc(-c2ccc3nc(C(=O)NC[C@H](O)CN4CCc5ccccc5C4)cn3c2)no1. The molecule has 0 bridgehead atoms. The summed E-state index contributed by atoms with van der Waals surface area (Å²) in [7, 11) is 0. The number of imidazole rings is 1. The molecule has 176 valence electrons. The van der Waals surface area contributed by atoms with E-state index in [2.05, 4.69) is 50.5 Å². The zero-order valence-electron chi connectivity index (χ0n) is 19.1. The Balaban J connectivity index is 1.18. The highest BCUT2D eigenvalue weighted by Gasteiger charge is 2.19. The third-order valence-corrected chi connectivity index (χ3v) is 6.05. The van der Waals surface area contributed by atoms with Gasteiger partial charge in [-0.3, -0.25) is 9.69 Å². The Kier molecular flexibility index (Phi) is 6.37. The molecule has 0 spiro atoms. The Labute approximate surface area is 197 Å². The zero-order chi connectivity index (χ0) is 23.5. The van der Waals surface area contributed by atoms with Gasteiger partial charge in [-0.25, -0.2) is 4.98 Å². The maximum atomic E-state index is 12.7. The summed E-state index contributed by atoms with van der Waals surface area (Å²) in [4.78, 5) is 23.7. The van der Waals surface area contributed by atoms with E-state index in [1.165, 1.54) is 11.1 Å². The first-order chi connectivity index (χ1) is 16.6. The summed E-state index contributed by atoms with van der Waals surface area (Å²) in [5.74, 6) is 0.794. The highest BCUT2D eigenvalue weighted by atomic mass is 16.5. The summed E-state index contributed by atoms with van der Waals surface area (Å²) < 4.78 is 7.03. The number of β-amino-alcohol motifs (C(OH)–C–C–N with tert-alkyl or cyclic N) is 1. The molecule has 1 aliphatic heterocycles. The molecule has 0 unspecified atom stereocenters. The first kappa shape index (κ1) is 22.2. The van der Waals surface area contributed by atoms with Crippen molar-refractivity contribution in [2.45, 2.75) is 38.8 Å². The number of amides is 1. The van der Waals surface area contributed by atoms with E-state index in [0.717, 1.165) is 37.9 Å². The molecule has 9 heteroatoms. The summed E-state index contributed by atoms with van der Waals surface area (Å²) >= 11 is 0. The van der Waals surface area contributed by atoms with Crippen LogP contribution >= 0.6 is 0 Å². The number of aliphatic hydroxyl groups is 1. The largest absolute Gasteiger partial charge is 0.390 e. The minimum Gasteiger partial charge on any atom is -0.390 e. The van der Waals surface area contributed by atoms with Crippen molar-refractivity contribution >= 4 is 11.6 Å². The molecule has 1 atom stereocenters. The van der Waals surface area contributed by atoms with Crippen LogP contribution in [0.4, 0.5) is 0 Å². The van der Waals surface area contributed by atoms with E-state index in [1.807, 2.05) is 24.4 Å². The Morgan fingerprint density at radius 1 is 1.18 bits per heavy atom. The van der Waals surface area contributed by atoms with Crippen LogP contribution in [0.15, 0.2) is 53.3 Å². The predicted molar refractivity (Wildman–Crippen MR) is 126 cm³/mol. The average molecular weight is 461 g/mol. The van der Waals surface area contributed by atoms with Gasteiger partial charge in [-0.15, -0.1) is 0 Å². The van der Waals surface area contributed by atoms with Gasteiger partial charge in [-0.2, -0.15) is 4.98 Å². The summed E-state index contributed by atoms with van der Waals surface area (Å²) in [5, 5.41) is 17.3. The lowest BCUT2D eigenvalue weighted by molar-refractivity contribution is 0.0838. The molecule has 34 heavy (non-hydrogen) atoms. The van der Waals surface area contributed by atoms with E-state index < -0.39 is 6.10 Å². The van der Waals surface area contributed by atoms with Crippen molar-refractivity contribution in [2.75, 3.05) is 19.6 Å². The molecule has 9 nitrogen and oxygen atoms in total. The van der Waals surface area contributed by atoms with Gasteiger partial charge in [-0.05, 0) is 36.1 Å². The number of rotatable bonds is 8. The Morgan fingerprint density at radius 2 is 2.03 bits per heavy atom. The summed E-state index contributed by atoms with van der Waals surface area (Å²) in [6, 6.07) is 12.1. The van der Waals surface area contributed by atoms with Gasteiger partial charge >= 0.3 is 0 Å². The number of aryl methyl sites for hydroxylation is 1. The van der Waals surface area contributed by atoms with Crippen LogP contribution in [0.2, 0.25) is 0 Å². The van der Waals surface area contributed by atoms with E-state index in [1.54, 1.807) is 10.6 Å². The number of nitrogens with zero attached hydrogens (tertiary/aromatic N) is 5. The van der Waals surface area contributed by atoms with Crippen LogP contribution in [0.5, 0.6) is 0 Å². The molecule has 0 fully saturated rings. The van der Waals surface area contributed by atoms with Crippen molar-refractivity contribution in [3.05, 3.63) is 71.5 Å². The van der Waals surface area contributed by atoms with Crippen LogP contribution in [0.3, 0.4) is 0 Å². The number of fused-ring (bicyclic) bond motifs is 2. The van der Waals surface area contributed by atoms with E-state index in [9.17, 15) is 9.90 Å². The minimum atomic E-state index is -0.659. The molecule has 3 aromatic heterocycles. The molecule has 4 aromatic rings. The normalized spacial score (nSPS) is 14.8. The van der Waals surface area contributed by atoms with Gasteiger partial charge in [0.15, 0.2) is 0 Å². The van der Waals surface area contributed by atoms with Crippen molar-refractivity contribution < 1.29 is 14.4 Å². The standard InChI is InChI=1S/C25H28N6O3/c1-2-5-23-28-24(29-34-23)19-8-9-22-27-21(16-31(22)14-19)25(33)26-12-20(32)15-30-11-10-17-6-3-4-7-18(17)13-30/h3-4,6-9,14,16,20,32H,2,5,10-13,15H2,1H3,(H,26,33)/t20-/m0/s1. The van der Waals surface area contributed by atoms with Gasteiger partial charge in [0.1, 0.15) is 11.3 Å². The number of pyridine rings is 1. The lowest BCUT2D eigenvalue weighted by Gasteiger charge is -2.30. The fourth-order valence-electron chi connectivity index (χ4n) is 4.29. The van der Waals surface area contributed by atoms with Crippen molar-refractivity contribution in [3.63, 3.8) is 0 Å². The van der Waals surface area contributed by atoms with Crippen LogP contribution in [0, 0.1) is 0 Å². The molecule has 0 radical (unpaired) electrons. The number of carbonyl (C=O) groups excluding carboxylic acids is 1. The highest BCUT2D eigenvalue weighted by Crippen LogP contribution is 2.19. The second-order valence-electron chi connectivity index (χ2n) is 8.69. The lowest BCUT2D eigenvalue weighted by atomic mass is 10.00. The molecular weight excluding hydrogens is 432 g/mol. The van der Waals surface area contributed by atoms with Crippen molar-refractivity contribution in [3.8, 4) is 11.4 Å². The summed E-state index contributed by atoms with van der Waals surface area (Å²) in [5.41, 5.74) is 4.38. The second-order valence-corrected chi connectivity index (χ2v) is 8.69. The highest BCUT2D eigenvalue weighted by molar-refractivity contribution is 5.92. The topological polar surface area (TPSA) is 109 Å². The van der Waals surface area contributed by atoms with Gasteiger partial charge in [-0.1, -0.05) is 36.3 Å². The molecule has 4 heterocycles. The lowest BCUT2D eigenvalue weighted by Crippen LogP contribution is -2.42. The molecule has 1 amide bonds. The Hall–Kier alpha value is -3.56. The molecular formula is C25H28N6O3. The Morgan fingerprint density at radius 3 is 2.88 bits per heavy atom. The second kappa shape index (κ2) is 9.74. The number of benzene rings is 1. The number of nitrogens with one attached hydrogen (secondary N) is 1. The first-order valence-electron chi connectivity index (χ1n) is 11.7. The first-order valence-corrected chi connectivity index (χ1v) is 11.7. The maximum Gasteiger partial charge on any atom is 0.271 e. The summed E-state index contributed by atoms with van der Waals surface area (Å²) in [6.07, 6.45) is 5.47. The minimum absolute atomic E-state index is 0.166. The van der Waals surface area contributed by atoms with E-state index in [4.69, 9.17) is 4.52 Å². The van der Waals surface area contributed by atoms with Crippen LogP contribution in [-0.2, 0) is 19.4 Å². The maximum absolute atomic E-state index is 12.7. The third kappa shape index (κ3) is 4.85. The molecule has 0 aliphatic carbocycles. The van der Waals surface area contributed by atoms with E-state index in [-0.39, 0.29) is 18.1 Å². The summed E-state index contributed by atoms with van der Waals surface area (Å²) in [6.45, 7) is 4.44. The average Bonchev–Trinajstić information content (AvgIpc) is 3.49. The van der Waals surface area contributed by atoms with Gasteiger partial charge < -0.3 is 19.3 Å². The number of carbonyl (C=O) groups is 1. The molecule has 5 rings (SSSR count). The Bertz CT molecular complexity index is 1300. The number of aromatic nitrogens is 4. The van der Waals surface area contributed by atoms with E-state index in [0.29, 0.717) is 23.9 Å². The predicted octanol–water partition coefficient (Wildman–Crippen LogP) is 2.49. The number of aliphatic hydroxyl groups excluding tert-OH is 1. The number of hydrogen-bond donors (Lipinski definition) is 2. The molecule has 2 N–H and O–H groups in total. The quantitative estimate of drug-likeness (QED) is 0.416. The third-order valence-electron chi connectivity index (χ3n) is 6.05. The zero-order valence-corrected chi connectivity index (χ0v) is 19.1. The van der Waals surface area contributed by atoms with Crippen molar-refractivity contribution in [1.29, 1.82) is 0 Å². The number of hydrogen-bond acceptors (Lipinski definition) is 7. The molecule has 0 saturated carbocycles. The van der Waals surface area contributed by atoms with Crippen LogP contribution in [-0.4, -0.2) is 61.2 Å². The van der Waals surface area contributed by atoms with Crippen LogP contribution in [0.25, 0.3) is 17.0 Å². The molecule has 0 saturated heterocycles.